The van der Waals surface area contributed by atoms with Crippen LogP contribution in [-0.4, -0.2) is 11.4 Å². The Bertz CT molecular complexity index is 589. The van der Waals surface area contributed by atoms with Gasteiger partial charge in [-0.05, 0) is 49.9 Å². The maximum absolute atomic E-state index is 4.93. The van der Waals surface area contributed by atoms with Crippen LogP contribution in [0.1, 0.15) is 52.4 Å². The molecule has 0 atom stereocenters. The van der Waals surface area contributed by atoms with E-state index in [9.17, 15) is 0 Å². The van der Waals surface area contributed by atoms with E-state index in [1.54, 1.807) is 0 Å². The number of aliphatic imine (C=N–C) groups is 2. The Labute approximate surface area is 166 Å². The second kappa shape index (κ2) is 12.8. The summed E-state index contributed by atoms with van der Waals surface area (Å²) in [6, 6.07) is 20.5. The molecular formula is C22H28N2Pd. The van der Waals surface area contributed by atoms with Crippen LogP contribution in [-0.2, 0) is 20.4 Å². The van der Waals surface area contributed by atoms with Crippen LogP contribution in [0.15, 0.2) is 70.6 Å². The van der Waals surface area contributed by atoms with Gasteiger partial charge < -0.3 is 0 Å². The van der Waals surface area contributed by atoms with E-state index in [-0.39, 0.29) is 20.4 Å². The van der Waals surface area contributed by atoms with Crippen molar-refractivity contribution in [2.75, 3.05) is 0 Å². The maximum atomic E-state index is 4.93. The summed E-state index contributed by atoms with van der Waals surface area (Å²) < 4.78 is 0. The average molecular weight is 427 g/mol. The van der Waals surface area contributed by atoms with E-state index in [4.69, 9.17) is 9.98 Å². The van der Waals surface area contributed by atoms with Crippen LogP contribution in [0, 0.1) is 0 Å². The van der Waals surface area contributed by atoms with Gasteiger partial charge in [-0.1, -0.05) is 63.1 Å². The maximum Gasteiger partial charge on any atom is 0.0633 e. The first-order valence-electron chi connectivity index (χ1n) is 9.09. The van der Waals surface area contributed by atoms with Crippen molar-refractivity contribution in [2.45, 2.75) is 52.4 Å². The number of rotatable bonds is 9. The molecule has 0 fully saturated rings. The van der Waals surface area contributed by atoms with Crippen LogP contribution in [0.25, 0.3) is 0 Å². The van der Waals surface area contributed by atoms with Gasteiger partial charge in [-0.2, -0.15) is 0 Å². The molecule has 0 saturated carbocycles. The standard InChI is InChI=1S/C22H28N2.Pd/c1-3-5-17-21(23-19-13-9-7-10-14-19)22(18-6-4-2)24-20-15-11-8-12-16-20;/h7-16H,3-6,17-18H2,1-2H3;. The molecule has 2 aromatic rings. The second-order valence-electron chi connectivity index (χ2n) is 6.00. The fraction of sp³-hybridized carbons (Fsp3) is 0.364. The van der Waals surface area contributed by atoms with Gasteiger partial charge >= 0.3 is 0 Å². The molecule has 136 valence electrons. The molecule has 2 rings (SSSR count). The summed E-state index contributed by atoms with van der Waals surface area (Å²) in [5, 5.41) is 0. The molecule has 25 heavy (non-hydrogen) atoms. The van der Waals surface area contributed by atoms with Crippen molar-refractivity contribution >= 4 is 22.8 Å². The second-order valence-corrected chi connectivity index (χ2v) is 6.00. The first-order valence-corrected chi connectivity index (χ1v) is 9.09. The molecule has 0 heterocycles. The molecule has 0 aliphatic rings. The Morgan fingerprint density at radius 1 is 0.640 bits per heavy atom. The number of para-hydroxylation sites is 2. The third-order valence-corrected chi connectivity index (χ3v) is 3.91. The zero-order valence-electron chi connectivity index (χ0n) is 15.2. The Morgan fingerprint density at radius 2 is 1.00 bits per heavy atom. The van der Waals surface area contributed by atoms with E-state index in [0.29, 0.717) is 0 Å². The number of hydrogen-bond acceptors (Lipinski definition) is 2. The monoisotopic (exact) mass is 426 g/mol. The molecule has 0 unspecified atom stereocenters. The topological polar surface area (TPSA) is 24.7 Å². The fourth-order valence-electron chi connectivity index (χ4n) is 2.53. The Hall–Kier alpha value is -1.56. The van der Waals surface area contributed by atoms with Gasteiger partial charge in [0.05, 0.1) is 22.8 Å². The molecule has 2 aromatic carbocycles. The molecule has 3 heteroatoms. The molecule has 0 radical (unpaired) electrons. The quantitative estimate of drug-likeness (QED) is 0.307. The van der Waals surface area contributed by atoms with E-state index in [1.807, 2.05) is 36.4 Å². The molecule has 0 spiro atoms. The molecule has 0 bridgehead atoms. The summed E-state index contributed by atoms with van der Waals surface area (Å²) in [6.07, 6.45) is 6.60. The SMILES string of the molecule is CCCCC(=Nc1ccccc1)C(CCCC)=Nc1ccccc1.[Pd]. The minimum atomic E-state index is 0. The minimum Gasteiger partial charge on any atom is -0.252 e. The van der Waals surface area contributed by atoms with E-state index in [0.717, 1.165) is 48.5 Å². The summed E-state index contributed by atoms with van der Waals surface area (Å²) in [7, 11) is 0. The summed E-state index contributed by atoms with van der Waals surface area (Å²) in [6.45, 7) is 4.44. The van der Waals surface area contributed by atoms with E-state index in [1.165, 1.54) is 12.8 Å². The first-order chi connectivity index (χ1) is 11.8. The van der Waals surface area contributed by atoms with E-state index >= 15 is 0 Å². The average Bonchev–Trinajstić information content (AvgIpc) is 2.64. The van der Waals surface area contributed by atoms with Crippen LogP contribution in [0.5, 0.6) is 0 Å². The van der Waals surface area contributed by atoms with Crippen molar-refractivity contribution in [3.63, 3.8) is 0 Å². The Morgan fingerprint density at radius 3 is 1.32 bits per heavy atom. The zero-order chi connectivity index (χ0) is 17.0. The van der Waals surface area contributed by atoms with Gasteiger partial charge in [0.25, 0.3) is 0 Å². The van der Waals surface area contributed by atoms with Gasteiger partial charge in [0.15, 0.2) is 0 Å². The molecule has 0 N–H and O–H groups in total. The van der Waals surface area contributed by atoms with Crippen LogP contribution < -0.4 is 0 Å². The van der Waals surface area contributed by atoms with Crippen molar-refractivity contribution in [1.29, 1.82) is 0 Å². The summed E-state index contributed by atoms with van der Waals surface area (Å²) in [4.78, 5) is 9.86. The van der Waals surface area contributed by atoms with Crippen molar-refractivity contribution in [3.8, 4) is 0 Å². The van der Waals surface area contributed by atoms with Crippen molar-refractivity contribution in [3.05, 3.63) is 60.7 Å². The summed E-state index contributed by atoms with van der Waals surface area (Å²) in [5.41, 5.74) is 4.31. The van der Waals surface area contributed by atoms with Crippen molar-refractivity contribution < 1.29 is 20.4 Å². The number of unbranched alkanes of at least 4 members (excludes halogenated alkanes) is 2. The summed E-state index contributed by atoms with van der Waals surface area (Å²) in [5.74, 6) is 0. The number of benzene rings is 2. The predicted molar refractivity (Wildman–Crippen MR) is 106 cm³/mol. The Kier molecular flexibility index (Phi) is 11.0. The van der Waals surface area contributed by atoms with Gasteiger partial charge in [-0.3, -0.25) is 9.98 Å². The van der Waals surface area contributed by atoms with Gasteiger partial charge in [0.1, 0.15) is 0 Å². The number of nitrogens with zero attached hydrogens (tertiary/aromatic N) is 2. The van der Waals surface area contributed by atoms with Gasteiger partial charge in [0, 0.05) is 20.4 Å². The third kappa shape index (κ3) is 7.91. The number of hydrogen-bond donors (Lipinski definition) is 0. The predicted octanol–water partition coefficient (Wildman–Crippen LogP) is 6.91. The first kappa shape index (κ1) is 21.5. The summed E-state index contributed by atoms with van der Waals surface area (Å²) >= 11 is 0. The van der Waals surface area contributed by atoms with Crippen molar-refractivity contribution in [1.82, 2.24) is 0 Å². The van der Waals surface area contributed by atoms with Crippen LogP contribution >= 0.6 is 0 Å². The van der Waals surface area contributed by atoms with Gasteiger partial charge in [0.2, 0.25) is 0 Å². The van der Waals surface area contributed by atoms with Crippen LogP contribution in [0.3, 0.4) is 0 Å². The largest absolute Gasteiger partial charge is 0.252 e. The normalized spacial score (nSPS) is 11.9. The van der Waals surface area contributed by atoms with Crippen LogP contribution in [0.2, 0.25) is 0 Å². The smallest absolute Gasteiger partial charge is 0.0633 e. The van der Waals surface area contributed by atoms with Gasteiger partial charge in [-0.25, -0.2) is 0 Å². The van der Waals surface area contributed by atoms with Gasteiger partial charge in [-0.15, -0.1) is 0 Å². The molecule has 0 saturated heterocycles. The van der Waals surface area contributed by atoms with E-state index in [2.05, 4.69) is 38.1 Å². The molecule has 2 nitrogen and oxygen atoms in total. The zero-order valence-corrected chi connectivity index (χ0v) is 16.8. The Balaban J connectivity index is 0.00000312. The molecule has 0 amide bonds. The third-order valence-electron chi connectivity index (χ3n) is 3.91. The molecule has 0 aliphatic heterocycles. The molecular weight excluding hydrogens is 399 g/mol. The van der Waals surface area contributed by atoms with Crippen molar-refractivity contribution in [2.24, 2.45) is 9.98 Å². The molecule has 0 aromatic heterocycles. The molecule has 0 aliphatic carbocycles. The van der Waals surface area contributed by atoms with E-state index < -0.39 is 0 Å². The minimum absolute atomic E-state index is 0. The fourth-order valence-corrected chi connectivity index (χ4v) is 2.53. The van der Waals surface area contributed by atoms with Crippen LogP contribution in [0.4, 0.5) is 11.4 Å².